The molecule has 0 radical (unpaired) electrons. The van der Waals surface area contributed by atoms with E-state index in [1.807, 2.05) is 0 Å². The average molecular weight is 233 g/mol. The van der Waals surface area contributed by atoms with Crippen molar-refractivity contribution in [2.75, 3.05) is 0 Å². The van der Waals surface area contributed by atoms with Gasteiger partial charge in [0.05, 0.1) is 6.04 Å². The van der Waals surface area contributed by atoms with Gasteiger partial charge in [-0.05, 0) is 23.0 Å². The van der Waals surface area contributed by atoms with Gasteiger partial charge in [0.25, 0.3) is 0 Å². The fraction of sp³-hybridized carbons (Fsp3) is 0.533. The molecule has 1 amide bonds. The van der Waals surface area contributed by atoms with Crippen molar-refractivity contribution in [3.8, 4) is 0 Å². The number of amides is 1. The predicted molar refractivity (Wildman–Crippen MR) is 71.9 cm³/mol. The Bertz CT molecular complexity index is 365. The predicted octanol–water partition coefficient (Wildman–Crippen LogP) is 3.64. The van der Waals surface area contributed by atoms with Gasteiger partial charge in [0.15, 0.2) is 0 Å². The number of hydrogen-bond acceptors (Lipinski definition) is 1. The van der Waals surface area contributed by atoms with Crippen molar-refractivity contribution in [1.29, 1.82) is 0 Å². The molecule has 2 nitrogen and oxygen atoms in total. The minimum absolute atomic E-state index is 0.0247. The number of hydrogen-bond donors (Lipinski definition) is 1. The summed E-state index contributed by atoms with van der Waals surface area (Å²) in [6.07, 6.45) is 0. The van der Waals surface area contributed by atoms with Crippen molar-refractivity contribution in [2.24, 2.45) is 5.92 Å². The molecular weight excluding hydrogens is 210 g/mol. The number of carbonyl (C=O) groups excluding carboxylic acids is 1. The number of nitrogens with one attached hydrogen (secondary N) is 1. The highest BCUT2D eigenvalue weighted by Crippen LogP contribution is 2.23. The molecule has 1 atom stereocenters. The van der Waals surface area contributed by atoms with E-state index in [0.29, 0.717) is 11.8 Å². The van der Waals surface area contributed by atoms with Crippen LogP contribution in [0.25, 0.3) is 0 Å². The molecule has 1 unspecified atom stereocenters. The van der Waals surface area contributed by atoms with Crippen LogP contribution in [-0.4, -0.2) is 5.91 Å². The average Bonchev–Trinajstić information content (AvgIpc) is 2.25. The number of benzene rings is 1. The molecule has 0 aliphatic carbocycles. The minimum atomic E-state index is 0.0247. The SMILES string of the molecule is CC(=O)NC(c1ccc(C(C)C)cc1)C(C)C. The van der Waals surface area contributed by atoms with Gasteiger partial charge in [0.2, 0.25) is 5.91 Å². The first-order chi connectivity index (χ1) is 7.91. The van der Waals surface area contributed by atoms with Gasteiger partial charge in [-0.1, -0.05) is 52.0 Å². The molecule has 0 saturated carbocycles. The minimum Gasteiger partial charge on any atom is -0.349 e. The molecule has 0 saturated heterocycles. The smallest absolute Gasteiger partial charge is 0.217 e. The third kappa shape index (κ3) is 3.88. The molecule has 17 heavy (non-hydrogen) atoms. The van der Waals surface area contributed by atoms with Gasteiger partial charge in [-0.25, -0.2) is 0 Å². The highest BCUT2D eigenvalue weighted by Gasteiger charge is 2.16. The van der Waals surface area contributed by atoms with Gasteiger partial charge in [-0.2, -0.15) is 0 Å². The van der Waals surface area contributed by atoms with E-state index in [9.17, 15) is 4.79 Å². The molecule has 94 valence electrons. The van der Waals surface area contributed by atoms with Gasteiger partial charge in [-0.3, -0.25) is 4.79 Å². The Morgan fingerprint density at radius 3 is 1.82 bits per heavy atom. The van der Waals surface area contributed by atoms with Crippen LogP contribution in [0, 0.1) is 5.92 Å². The van der Waals surface area contributed by atoms with Gasteiger partial charge < -0.3 is 5.32 Å². The van der Waals surface area contributed by atoms with Crippen molar-refractivity contribution >= 4 is 5.91 Å². The summed E-state index contributed by atoms with van der Waals surface area (Å²) in [5, 5.41) is 3.01. The molecule has 0 aromatic heterocycles. The van der Waals surface area contributed by atoms with Gasteiger partial charge in [0, 0.05) is 6.92 Å². The molecular formula is C15H23NO. The van der Waals surface area contributed by atoms with Gasteiger partial charge in [0.1, 0.15) is 0 Å². The van der Waals surface area contributed by atoms with E-state index in [1.54, 1.807) is 6.92 Å². The lowest BCUT2D eigenvalue weighted by Crippen LogP contribution is -2.29. The molecule has 0 bridgehead atoms. The molecule has 0 spiro atoms. The highest BCUT2D eigenvalue weighted by atomic mass is 16.1. The van der Waals surface area contributed by atoms with Crippen LogP contribution in [0.2, 0.25) is 0 Å². The summed E-state index contributed by atoms with van der Waals surface area (Å²) < 4.78 is 0. The van der Waals surface area contributed by atoms with Crippen LogP contribution >= 0.6 is 0 Å². The van der Waals surface area contributed by atoms with Crippen LogP contribution in [0.4, 0.5) is 0 Å². The first kappa shape index (κ1) is 13.8. The molecule has 0 fully saturated rings. The van der Waals surface area contributed by atoms with Crippen molar-refractivity contribution in [1.82, 2.24) is 5.32 Å². The van der Waals surface area contributed by atoms with Crippen LogP contribution in [0.3, 0.4) is 0 Å². The maximum atomic E-state index is 11.2. The van der Waals surface area contributed by atoms with Crippen LogP contribution in [0.1, 0.15) is 57.7 Å². The molecule has 1 rings (SSSR count). The molecule has 0 aliphatic rings. The summed E-state index contributed by atoms with van der Waals surface area (Å²) in [6, 6.07) is 8.65. The Balaban J connectivity index is 2.91. The first-order valence-corrected chi connectivity index (χ1v) is 6.28. The fourth-order valence-electron chi connectivity index (χ4n) is 1.94. The van der Waals surface area contributed by atoms with E-state index in [4.69, 9.17) is 0 Å². The molecule has 0 heterocycles. The first-order valence-electron chi connectivity index (χ1n) is 6.28. The second-order valence-electron chi connectivity index (χ2n) is 5.24. The molecule has 2 heteroatoms. The Morgan fingerprint density at radius 2 is 1.47 bits per heavy atom. The van der Waals surface area contributed by atoms with Crippen LogP contribution in [-0.2, 0) is 4.79 Å². The van der Waals surface area contributed by atoms with Crippen LogP contribution in [0.15, 0.2) is 24.3 Å². The molecule has 1 aromatic carbocycles. The summed E-state index contributed by atoms with van der Waals surface area (Å²) in [5.74, 6) is 0.961. The van der Waals surface area contributed by atoms with Crippen molar-refractivity contribution in [3.05, 3.63) is 35.4 Å². The van der Waals surface area contributed by atoms with E-state index >= 15 is 0 Å². The summed E-state index contributed by atoms with van der Waals surface area (Å²) in [5.41, 5.74) is 2.51. The third-order valence-electron chi connectivity index (χ3n) is 2.99. The van der Waals surface area contributed by atoms with Gasteiger partial charge >= 0.3 is 0 Å². The zero-order valence-electron chi connectivity index (χ0n) is 11.4. The fourth-order valence-corrected chi connectivity index (χ4v) is 1.94. The Labute approximate surface area is 104 Å². The summed E-state index contributed by atoms with van der Waals surface area (Å²) in [4.78, 5) is 11.2. The van der Waals surface area contributed by atoms with E-state index < -0.39 is 0 Å². The Hall–Kier alpha value is -1.31. The van der Waals surface area contributed by atoms with Crippen LogP contribution < -0.4 is 5.32 Å². The standard InChI is InChI=1S/C15H23NO/c1-10(2)13-6-8-14(9-7-13)15(11(3)4)16-12(5)17/h6-11,15H,1-5H3,(H,16,17). The molecule has 1 N–H and O–H groups in total. The molecule has 0 aliphatic heterocycles. The monoisotopic (exact) mass is 233 g/mol. The van der Waals surface area contributed by atoms with Crippen molar-refractivity contribution < 1.29 is 4.79 Å². The quantitative estimate of drug-likeness (QED) is 0.845. The topological polar surface area (TPSA) is 29.1 Å². The van der Waals surface area contributed by atoms with Crippen molar-refractivity contribution in [3.63, 3.8) is 0 Å². The van der Waals surface area contributed by atoms with Gasteiger partial charge in [-0.15, -0.1) is 0 Å². The lowest BCUT2D eigenvalue weighted by molar-refractivity contribution is -0.120. The third-order valence-corrected chi connectivity index (χ3v) is 2.99. The van der Waals surface area contributed by atoms with Crippen LogP contribution in [0.5, 0.6) is 0 Å². The summed E-state index contributed by atoms with van der Waals surface area (Å²) >= 11 is 0. The zero-order valence-corrected chi connectivity index (χ0v) is 11.4. The lowest BCUT2D eigenvalue weighted by Gasteiger charge is -2.22. The largest absolute Gasteiger partial charge is 0.349 e. The highest BCUT2D eigenvalue weighted by molar-refractivity contribution is 5.73. The zero-order chi connectivity index (χ0) is 13.0. The van der Waals surface area contributed by atoms with E-state index in [0.717, 1.165) is 0 Å². The normalized spacial score (nSPS) is 12.9. The number of rotatable bonds is 4. The second-order valence-corrected chi connectivity index (χ2v) is 5.24. The summed E-state index contributed by atoms with van der Waals surface area (Å²) in [7, 11) is 0. The Kier molecular flexibility index (Phi) is 4.73. The van der Waals surface area contributed by atoms with Crippen molar-refractivity contribution in [2.45, 2.75) is 46.6 Å². The maximum Gasteiger partial charge on any atom is 0.217 e. The van der Waals surface area contributed by atoms with E-state index in [-0.39, 0.29) is 11.9 Å². The number of carbonyl (C=O) groups is 1. The maximum absolute atomic E-state index is 11.2. The van der Waals surface area contributed by atoms with E-state index in [1.165, 1.54) is 11.1 Å². The Morgan fingerprint density at radius 1 is 1.00 bits per heavy atom. The van der Waals surface area contributed by atoms with E-state index in [2.05, 4.69) is 57.3 Å². The lowest BCUT2D eigenvalue weighted by atomic mass is 9.93. The second kappa shape index (κ2) is 5.85. The molecule has 1 aromatic rings. The summed E-state index contributed by atoms with van der Waals surface area (Å²) in [6.45, 7) is 10.2.